The van der Waals surface area contributed by atoms with Gasteiger partial charge in [0.15, 0.2) is 5.43 Å². The maximum absolute atomic E-state index is 12.4. The number of aryl methyl sites for hydroxylation is 3. The number of carboxylic acids is 5. The highest BCUT2D eigenvalue weighted by Crippen LogP contribution is 2.27. The van der Waals surface area contributed by atoms with E-state index in [2.05, 4.69) is 42.2 Å². The van der Waals surface area contributed by atoms with Crippen LogP contribution in [0.1, 0.15) is 75.9 Å². The van der Waals surface area contributed by atoms with Gasteiger partial charge in [-0.2, -0.15) is 0 Å². The molecule has 0 atom stereocenters. The fraction of sp³-hybridized carbons (Fsp3) is 0.0870. The maximum Gasteiger partial charge on any atom is 0.337 e. The molecule has 7 aromatic rings. The Bertz CT molecular complexity index is 2840. The van der Waals surface area contributed by atoms with Gasteiger partial charge in [0.25, 0.3) is 0 Å². The number of rotatable bonds is 7. The van der Waals surface area contributed by atoms with Gasteiger partial charge in [-0.3, -0.25) is 4.79 Å². The fourth-order valence-electron chi connectivity index (χ4n) is 5.72. The van der Waals surface area contributed by atoms with Crippen LogP contribution in [0.3, 0.4) is 0 Å². The Morgan fingerprint density at radius 1 is 0.475 bits per heavy atom. The summed E-state index contributed by atoms with van der Waals surface area (Å²) in [4.78, 5) is 70.0. The maximum atomic E-state index is 12.4. The van der Waals surface area contributed by atoms with E-state index in [1.54, 1.807) is 91.9 Å². The van der Waals surface area contributed by atoms with Gasteiger partial charge < -0.3 is 35.8 Å². The second-order valence-corrected chi connectivity index (χ2v) is 14.4. The molecular weight excluding hydrogens is 916 g/mol. The predicted octanol–water partition coefficient (Wildman–Crippen LogP) is 11.1. The van der Waals surface area contributed by atoms with Crippen molar-refractivity contribution in [2.45, 2.75) is 28.2 Å². The zero-order valence-electron chi connectivity index (χ0n) is 32.0. The van der Waals surface area contributed by atoms with Crippen molar-refractivity contribution in [3.05, 3.63) is 185 Å². The van der Waals surface area contributed by atoms with Crippen molar-refractivity contribution in [2.75, 3.05) is 5.32 Å². The number of benzene rings is 6. The molecule has 0 saturated carbocycles. The molecule has 0 unspecified atom stereocenters. The van der Waals surface area contributed by atoms with Crippen molar-refractivity contribution in [2.24, 2.45) is 0 Å². The number of carboxylic acid groups (broad SMARTS) is 5. The minimum atomic E-state index is -1.07. The van der Waals surface area contributed by atoms with E-state index in [1.807, 2.05) is 32.0 Å². The molecule has 0 amide bonds. The van der Waals surface area contributed by atoms with Crippen LogP contribution >= 0.6 is 31.9 Å². The summed E-state index contributed by atoms with van der Waals surface area (Å²) in [6, 6.07) is 33.3. The lowest BCUT2D eigenvalue weighted by molar-refractivity contribution is 0.0685. The topological polar surface area (TPSA) is 231 Å². The van der Waals surface area contributed by atoms with Crippen LogP contribution in [0, 0.1) is 20.8 Å². The number of hydrogen-bond donors (Lipinski definition) is 7. The van der Waals surface area contributed by atoms with E-state index in [0.29, 0.717) is 53.3 Å². The van der Waals surface area contributed by atoms with Crippen LogP contribution in [0.2, 0.25) is 0 Å². The first-order valence-corrected chi connectivity index (χ1v) is 19.2. The minimum absolute atomic E-state index is 0. The van der Waals surface area contributed by atoms with Gasteiger partial charge in [0.2, 0.25) is 0 Å². The molecule has 0 aliphatic rings. The number of fused-ring (bicyclic) bond motifs is 2. The number of aromatic nitrogens is 1. The van der Waals surface area contributed by atoms with E-state index in [-0.39, 0.29) is 29.5 Å². The van der Waals surface area contributed by atoms with Gasteiger partial charge >= 0.3 is 29.8 Å². The molecule has 15 heteroatoms. The van der Waals surface area contributed by atoms with Gasteiger partial charge in [0.05, 0.1) is 50.2 Å². The third-order valence-electron chi connectivity index (χ3n) is 8.75. The molecule has 0 spiro atoms. The van der Waals surface area contributed by atoms with Gasteiger partial charge in [0, 0.05) is 19.7 Å². The van der Waals surface area contributed by atoms with Crippen molar-refractivity contribution in [3.63, 3.8) is 0 Å². The highest BCUT2D eigenvalue weighted by atomic mass is 79.9. The lowest BCUT2D eigenvalue weighted by atomic mass is 10.0. The van der Waals surface area contributed by atoms with Crippen molar-refractivity contribution in [1.82, 2.24) is 4.98 Å². The third kappa shape index (κ3) is 12.0. The number of anilines is 2. The molecule has 0 saturated heterocycles. The number of nitrogens with one attached hydrogen (secondary N) is 2. The minimum Gasteiger partial charge on any atom is -0.478 e. The lowest BCUT2D eigenvalue weighted by Crippen LogP contribution is -2.08. The predicted molar refractivity (Wildman–Crippen MR) is 242 cm³/mol. The SMILES string of the molecule is C.Cc1cccc(C(=O)O)c1Br.Cc1cccc(C(=O)O)c1Nc1ccccc1C(=O)O.Cc1cccc2c(=O)c3cccc(C(=O)O)c3[nH]c12.O=C(O)c1ccccc1Br. The Morgan fingerprint density at radius 3 is 1.44 bits per heavy atom. The van der Waals surface area contributed by atoms with Crippen molar-refractivity contribution >= 4 is 94.9 Å². The zero-order valence-corrected chi connectivity index (χ0v) is 35.2. The summed E-state index contributed by atoms with van der Waals surface area (Å²) < 4.78 is 1.27. The van der Waals surface area contributed by atoms with Crippen LogP contribution in [0.25, 0.3) is 21.8 Å². The summed E-state index contributed by atoms with van der Waals surface area (Å²) in [5.41, 5.74) is 5.16. The normalized spacial score (nSPS) is 9.98. The molecule has 0 bridgehead atoms. The number of hydrogen-bond acceptors (Lipinski definition) is 7. The Labute approximate surface area is 366 Å². The number of carbonyl (C=O) groups is 5. The van der Waals surface area contributed by atoms with Crippen molar-refractivity contribution in [1.29, 1.82) is 0 Å². The first-order valence-electron chi connectivity index (χ1n) is 17.6. The number of pyridine rings is 1. The molecule has 7 rings (SSSR count). The molecule has 1 aromatic heterocycles. The standard InChI is InChI=1S/C15H13NO4.C15H11NO3.C8H7BrO2.C7H5BrO2.CH4/c1-9-5-4-7-11(15(19)20)13(9)16-12-8-3-2-6-10(12)14(17)18;1-8-4-2-5-9-12(8)16-13-10(14(9)17)6-3-7-11(13)15(18)19;1-5-3-2-4-6(7(5)9)8(10)11;8-6-4-2-1-3-5(6)7(9)10;/h2-8,16H,1H3,(H,17,18)(H,19,20);2-7H,1H3,(H,16,17)(H,18,19);2-4H,1H3,(H,10,11);1-4H,(H,9,10);1H4. The number of H-pyrrole nitrogens is 1. The average molecular weight is 957 g/mol. The molecule has 0 radical (unpaired) electrons. The zero-order chi connectivity index (χ0) is 44.3. The summed E-state index contributed by atoms with van der Waals surface area (Å²) in [5.74, 6) is -5.00. The third-order valence-corrected chi connectivity index (χ3v) is 10.5. The smallest absolute Gasteiger partial charge is 0.337 e. The quantitative estimate of drug-likeness (QED) is 0.0740. The van der Waals surface area contributed by atoms with Gasteiger partial charge in [-0.25, -0.2) is 24.0 Å². The van der Waals surface area contributed by atoms with Crippen LogP contribution in [-0.2, 0) is 0 Å². The van der Waals surface area contributed by atoms with Crippen LogP contribution in [-0.4, -0.2) is 60.4 Å². The molecular formula is C46H40Br2N2O11. The van der Waals surface area contributed by atoms with E-state index < -0.39 is 29.8 Å². The fourth-order valence-corrected chi connectivity index (χ4v) is 6.61. The summed E-state index contributed by atoms with van der Waals surface area (Å²) in [6.07, 6.45) is 0. The first-order chi connectivity index (χ1) is 28.4. The van der Waals surface area contributed by atoms with Crippen molar-refractivity contribution < 1.29 is 49.5 Å². The molecule has 13 nitrogen and oxygen atoms in total. The summed E-state index contributed by atoms with van der Waals surface area (Å²) in [7, 11) is 0. The number of aromatic carboxylic acids is 5. The molecule has 0 fully saturated rings. The number of para-hydroxylation sites is 4. The van der Waals surface area contributed by atoms with Crippen LogP contribution in [0.4, 0.5) is 11.4 Å². The van der Waals surface area contributed by atoms with E-state index in [4.69, 9.17) is 15.3 Å². The molecule has 61 heavy (non-hydrogen) atoms. The van der Waals surface area contributed by atoms with E-state index >= 15 is 0 Å². The average Bonchev–Trinajstić information content (AvgIpc) is 3.20. The monoisotopic (exact) mass is 954 g/mol. The Balaban J connectivity index is 0.000000225. The largest absolute Gasteiger partial charge is 0.478 e. The summed E-state index contributed by atoms with van der Waals surface area (Å²) in [5, 5.41) is 48.6. The molecule has 1 heterocycles. The Kier molecular flexibility index (Phi) is 17.2. The van der Waals surface area contributed by atoms with Gasteiger partial charge in [-0.15, -0.1) is 0 Å². The molecule has 0 aliphatic carbocycles. The number of aromatic amines is 1. The second kappa shape index (κ2) is 21.8. The molecule has 6 aromatic carbocycles. The highest BCUT2D eigenvalue weighted by molar-refractivity contribution is 9.10. The van der Waals surface area contributed by atoms with E-state index in [9.17, 15) is 39.0 Å². The van der Waals surface area contributed by atoms with E-state index in [1.165, 1.54) is 18.2 Å². The van der Waals surface area contributed by atoms with Gasteiger partial charge in [-0.05, 0) is 124 Å². The lowest BCUT2D eigenvalue weighted by Gasteiger charge is -2.14. The van der Waals surface area contributed by atoms with Gasteiger partial charge in [0.1, 0.15) is 0 Å². The van der Waals surface area contributed by atoms with Crippen LogP contribution < -0.4 is 10.7 Å². The summed E-state index contributed by atoms with van der Waals surface area (Å²) in [6.45, 7) is 5.50. The number of halogens is 2. The van der Waals surface area contributed by atoms with E-state index in [0.717, 1.165) is 16.7 Å². The first kappa shape index (κ1) is 48.3. The molecule has 0 aliphatic heterocycles. The molecule has 7 N–H and O–H groups in total. The Hall–Kier alpha value is -7.10. The van der Waals surface area contributed by atoms with Crippen LogP contribution in [0.15, 0.2) is 135 Å². The van der Waals surface area contributed by atoms with Crippen molar-refractivity contribution in [3.8, 4) is 0 Å². The highest BCUT2D eigenvalue weighted by Gasteiger charge is 2.16. The second-order valence-electron chi connectivity index (χ2n) is 12.8. The van der Waals surface area contributed by atoms with Crippen LogP contribution in [0.5, 0.6) is 0 Å². The Morgan fingerprint density at radius 2 is 0.902 bits per heavy atom. The van der Waals surface area contributed by atoms with Gasteiger partial charge in [-0.1, -0.05) is 74.2 Å². The summed E-state index contributed by atoms with van der Waals surface area (Å²) >= 11 is 6.32. The molecule has 314 valence electrons.